The third kappa shape index (κ3) is 5.30. The lowest BCUT2D eigenvalue weighted by Crippen LogP contribution is -2.46. The average molecular weight is 555 g/mol. The number of aryl methyl sites for hydroxylation is 3. The van der Waals surface area contributed by atoms with Crippen LogP contribution in [0.15, 0.2) is 47.5 Å². The Kier molecular flexibility index (Phi) is 7.37. The van der Waals surface area contributed by atoms with E-state index in [1.165, 1.54) is 17.3 Å². The van der Waals surface area contributed by atoms with E-state index in [9.17, 15) is 22.8 Å². The number of likely N-dealkylation sites (tertiary alicyclic amines) is 1. The summed E-state index contributed by atoms with van der Waals surface area (Å²) in [5.74, 6) is -2.04. The first-order valence-electron chi connectivity index (χ1n) is 12.7. The molecule has 0 saturated carbocycles. The minimum Gasteiger partial charge on any atom is -0.467 e. The van der Waals surface area contributed by atoms with Crippen LogP contribution in [-0.4, -0.2) is 54.0 Å². The Morgan fingerprint density at radius 3 is 2.26 bits per heavy atom. The van der Waals surface area contributed by atoms with Gasteiger partial charge in [0.15, 0.2) is 0 Å². The molecule has 9 nitrogen and oxygen atoms in total. The summed E-state index contributed by atoms with van der Waals surface area (Å²) in [6.07, 6.45) is 0.781. The van der Waals surface area contributed by atoms with E-state index in [0.717, 1.165) is 10.5 Å². The van der Waals surface area contributed by atoms with Crippen LogP contribution in [0.25, 0.3) is 10.9 Å². The van der Waals surface area contributed by atoms with E-state index in [1.54, 1.807) is 58.9 Å². The molecular weight excluding hydrogens is 520 g/mol. The Hall–Kier alpha value is -3.66. The van der Waals surface area contributed by atoms with Crippen LogP contribution in [-0.2, 0) is 35.5 Å². The van der Waals surface area contributed by atoms with Crippen LogP contribution in [0.5, 0.6) is 0 Å². The first kappa shape index (κ1) is 28.4. The van der Waals surface area contributed by atoms with Gasteiger partial charge < -0.3 is 9.47 Å². The van der Waals surface area contributed by atoms with Gasteiger partial charge in [0, 0.05) is 17.5 Å². The molecule has 4 rings (SSSR count). The fourth-order valence-electron chi connectivity index (χ4n) is 5.38. The van der Waals surface area contributed by atoms with Gasteiger partial charge in [-0.05, 0) is 77.1 Å². The fourth-order valence-corrected chi connectivity index (χ4v) is 7.19. The zero-order valence-electron chi connectivity index (χ0n) is 23.3. The van der Waals surface area contributed by atoms with E-state index in [2.05, 4.69) is 0 Å². The van der Waals surface area contributed by atoms with Crippen molar-refractivity contribution >= 4 is 38.9 Å². The second kappa shape index (κ2) is 10.1. The molecule has 1 fully saturated rings. The number of carbonyl (C=O) groups excluding carboxylic acids is 3. The number of hydrogen-bond donors (Lipinski definition) is 0. The largest absolute Gasteiger partial charge is 0.467 e. The normalized spacial score (nSPS) is 18.0. The van der Waals surface area contributed by atoms with Crippen molar-refractivity contribution in [1.29, 1.82) is 0 Å². The maximum Gasteiger partial charge on any atom is 0.417 e. The van der Waals surface area contributed by atoms with E-state index >= 15 is 0 Å². The number of carbonyl (C=O) groups is 3. The summed E-state index contributed by atoms with van der Waals surface area (Å²) in [5.41, 5.74) is 2.48. The van der Waals surface area contributed by atoms with Gasteiger partial charge in [-0.3, -0.25) is 4.79 Å². The SMILES string of the molecule is COC(=O)[C@@H]1C[C@H](Cc2cn(S(=O)(=O)c3c(C)cc(C)cc3C)c3ccccc23)C(=O)N1C(=O)OC(C)(C)C. The number of methoxy groups -OCH3 is 1. The summed E-state index contributed by atoms with van der Waals surface area (Å²) >= 11 is 0. The Balaban J connectivity index is 1.76. The molecule has 1 aromatic heterocycles. The molecule has 1 aliphatic rings. The molecule has 2 amide bonds. The molecule has 2 aromatic carbocycles. The highest BCUT2D eigenvalue weighted by Gasteiger charge is 2.49. The number of para-hydroxylation sites is 1. The number of amides is 2. The van der Waals surface area contributed by atoms with Crippen LogP contribution in [0, 0.1) is 26.7 Å². The minimum absolute atomic E-state index is 0.0349. The molecule has 0 radical (unpaired) electrons. The van der Waals surface area contributed by atoms with Gasteiger partial charge >= 0.3 is 12.1 Å². The Morgan fingerprint density at radius 1 is 1.05 bits per heavy atom. The van der Waals surface area contributed by atoms with Crippen LogP contribution in [0.2, 0.25) is 0 Å². The number of nitrogens with zero attached hydrogens (tertiary/aromatic N) is 2. The molecule has 1 saturated heterocycles. The molecule has 1 aliphatic heterocycles. The van der Waals surface area contributed by atoms with Crippen LogP contribution in [0.3, 0.4) is 0 Å². The van der Waals surface area contributed by atoms with Crippen molar-refractivity contribution in [2.75, 3.05) is 7.11 Å². The topological polar surface area (TPSA) is 112 Å². The lowest BCUT2D eigenvalue weighted by molar-refractivity contribution is -0.148. The zero-order chi connectivity index (χ0) is 28.9. The second-order valence-corrected chi connectivity index (χ2v) is 12.8. The highest BCUT2D eigenvalue weighted by atomic mass is 32.2. The van der Waals surface area contributed by atoms with Crippen molar-refractivity contribution in [2.24, 2.45) is 5.92 Å². The van der Waals surface area contributed by atoms with E-state index in [1.807, 2.05) is 19.1 Å². The average Bonchev–Trinajstić information content (AvgIpc) is 3.35. The van der Waals surface area contributed by atoms with Crippen LogP contribution < -0.4 is 0 Å². The number of esters is 1. The maximum absolute atomic E-state index is 13.9. The predicted octanol–water partition coefficient (Wildman–Crippen LogP) is 4.67. The molecule has 0 spiro atoms. The van der Waals surface area contributed by atoms with Gasteiger partial charge in [-0.25, -0.2) is 26.9 Å². The summed E-state index contributed by atoms with van der Waals surface area (Å²) < 4.78 is 39.4. The predicted molar refractivity (Wildman–Crippen MR) is 146 cm³/mol. The highest BCUT2D eigenvalue weighted by molar-refractivity contribution is 7.90. The van der Waals surface area contributed by atoms with Gasteiger partial charge in [-0.2, -0.15) is 0 Å². The van der Waals surface area contributed by atoms with Crippen molar-refractivity contribution in [1.82, 2.24) is 8.87 Å². The van der Waals surface area contributed by atoms with E-state index in [-0.39, 0.29) is 17.7 Å². The van der Waals surface area contributed by atoms with Crippen molar-refractivity contribution in [2.45, 2.75) is 70.9 Å². The standard InChI is InChI=1S/C29H34N2O7S/c1-17-12-18(2)25(19(3)13-17)39(35,36)30-16-21(22-10-8-9-11-23(22)30)14-20-15-24(27(33)37-7)31(26(20)32)28(34)38-29(4,5)6/h8-13,16,20,24H,14-15H2,1-7H3/t20-,24-/m0/s1. The fraction of sp³-hybridized carbons (Fsp3) is 0.414. The summed E-state index contributed by atoms with van der Waals surface area (Å²) in [6, 6.07) is 9.61. The molecule has 3 aromatic rings. The summed E-state index contributed by atoms with van der Waals surface area (Å²) in [4.78, 5) is 39.9. The van der Waals surface area contributed by atoms with Gasteiger partial charge in [-0.1, -0.05) is 35.9 Å². The number of hydrogen-bond acceptors (Lipinski definition) is 7. The van der Waals surface area contributed by atoms with E-state index < -0.39 is 45.6 Å². The molecule has 0 unspecified atom stereocenters. The Morgan fingerprint density at radius 2 is 1.67 bits per heavy atom. The minimum atomic E-state index is -3.97. The monoisotopic (exact) mass is 554 g/mol. The van der Waals surface area contributed by atoms with Crippen molar-refractivity contribution < 1.29 is 32.3 Å². The molecule has 2 heterocycles. The van der Waals surface area contributed by atoms with E-state index in [0.29, 0.717) is 27.6 Å². The Labute approximate surface area is 228 Å². The molecular formula is C29H34N2O7S. The maximum atomic E-state index is 13.9. The summed E-state index contributed by atoms with van der Waals surface area (Å²) in [6.45, 7) is 10.5. The van der Waals surface area contributed by atoms with Crippen LogP contribution in [0.1, 0.15) is 49.4 Å². The number of imide groups is 1. The zero-order valence-corrected chi connectivity index (χ0v) is 24.1. The Bertz CT molecular complexity index is 1560. The van der Waals surface area contributed by atoms with Crippen molar-refractivity contribution in [3.05, 3.63) is 64.8 Å². The van der Waals surface area contributed by atoms with Crippen LogP contribution >= 0.6 is 0 Å². The third-order valence-electron chi connectivity index (χ3n) is 6.82. The smallest absolute Gasteiger partial charge is 0.417 e. The van der Waals surface area contributed by atoms with Crippen molar-refractivity contribution in [3.8, 4) is 0 Å². The second-order valence-electron chi connectivity index (χ2n) is 11.1. The first-order chi connectivity index (χ1) is 18.2. The molecule has 39 heavy (non-hydrogen) atoms. The quantitative estimate of drug-likeness (QED) is 0.421. The molecule has 2 atom stereocenters. The molecule has 208 valence electrons. The number of benzene rings is 2. The number of ether oxygens (including phenoxy) is 2. The number of rotatable bonds is 5. The van der Waals surface area contributed by atoms with Gasteiger partial charge in [0.1, 0.15) is 11.6 Å². The van der Waals surface area contributed by atoms with Gasteiger partial charge in [-0.15, -0.1) is 0 Å². The van der Waals surface area contributed by atoms with Gasteiger partial charge in [0.2, 0.25) is 5.91 Å². The third-order valence-corrected chi connectivity index (χ3v) is 8.80. The molecule has 0 aliphatic carbocycles. The number of fused-ring (bicyclic) bond motifs is 1. The number of aromatic nitrogens is 1. The summed E-state index contributed by atoms with van der Waals surface area (Å²) in [7, 11) is -2.77. The van der Waals surface area contributed by atoms with Crippen LogP contribution in [0.4, 0.5) is 4.79 Å². The lowest BCUT2D eigenvalue weighted by atomic mass is 9.96. The molecule has 10 heteroatoms. The first-order valence-corrected chi connectivity index (χ1v) is 14.2. The molecule has 0 bridgehead atoms. The van der Waals surface area contributed by atoms with E-state index in [4.69, 9.17) is 9.47 Å². The molecule has 0 N–H and O–H groups in total. The van der Waals surface area contributed by atoms with Gasteiger partial charge in [0.25, 0.3) is 10.0 Å². The van der Waals surface area contributed by atoms with Crippen molar-refractivity contribution in [3.63, 3.8) is 0 Å². The lowest BCUT2D eigenvalue weighted by Gasteiger charge is -2.26. The van der Waals surface area contributed by atoms with Gasteiger partial charge in [0.05, 0.1) is 17.5 Å². The summed E-state index contributed by atoms with van der Waals surface area (Å²) in [5, 5.41) is 0.668. The highest BCUT2D eigenvalue weighted by Crippen LogP contribution is 2.35.